The van der Waals surface area contributed by atoms with Crippen molar-refractivity contribution in [2.75, 3.05) is 12.4 Å². The molecular formula is C15H17N5O. The fraction of sp³-hybridized carbons (Fsp3) is 0.267. The number of hydrogen-bond donors (Lipinski definition) is 1. The van der Waals surface area contributed by atoms with Gasteiger partial charge in [-0.25, -0.2) is 4.98 Å². The van der Waals surface area contributed by atoms with Crippen LogP contribution in [0.1, 0.15) is 18.8 Å². The molecule has 0 radical (unpaired) electrons. The Kier molecular flexibility index (Phi) is 3.43. The van der Waals surface area contributed by atoms with Crippen LogP contribution in [0.4, 0.5) is 5.82 Å². The Bertz CT molecular complexity index is 768. The first-order valence-corrected chi connectivity index (χ1v) is 6.73. The molecule has 2 aromatic heterocycles. The molecule has 2 heterocycles. The van der Waals surface area contributed by atoms with Crippen LogP contribution >= 0.6 is 0 Å². The Balaban J connectivity index is 2.00. The van der Waals surface area contributed by atoms with Gasteiger partial charge < -0.3 is 14.6 Å². The first-order valence-electron chi connectivity index (χ1n) is 6.73. The summed E-state index contributed by atoms with van der Waals surface area (Å²) in [6.45, 7) is 2.03. The molecule has 1 N–H and O–H groups in total. The molecule has 0 fully saturated rings. The lowest BCUT2D eigenvalue weighted by Gasteiger charge is -2.15. The molecule has 1 atom stereocenters. The van der Waals surface area contributed by atoms with E-state index in [-0.39, 0.29) is 6.04 Å². The zero-order valence-corrected chi connectivity index (χ0v) is 12.2. The zero-order valence-electron chi connectivity index (χ0n) is 12.2. The summed E-state index contributed by atoms with van der Waals surface area (Å²) in [6.07, 6.45) is 3.46. The normalized spacial score (nSPS) is 12.3. The molecular weight excluding hydrogens is 266 g/mol. The number of aryl methyl sites for hydroxylation is 1. The smallest absolute Gasteiger partial charge is 0.154 e. The monoisotopic (exact) mass is 283 g/mol. The molecule has 0 saturated carbocycles. The van der Waals surface area contributed by atoms with Gasteiger partial charge in [0.25, 0.3) is 0 Å². The van der Waals surface area contributed by atoms with E-state index in [4.69, 9.17) is 4.74 Å². The van der Waals surface area contributed by atoms with Crippen LogP contribution in [0, 0.1) is 0 Å². The van der Waals surface area contributed by atoms with Crippen LogP contribution < -0.4 is 10.1 Å². The summed E-state index contributed by atoms with van der Waals surface area (Å²) in [6, 6.07) is 7.88. The Morgan fingerprint density at radius 2 is 2.10 bits per heavy atom. The van der Waals surface area contributed by atoms with Gasteiger partial charge in [-0.2, -0.15) is 0 Å². The molecule has 1 aromatic carbocycles. The molecule has 0 aliphatic rings. The second kappa shape index (κ2) is 5.40. The van der Waals surface area contributed by atoms with E-state index in [1.807, 2.05) is 42.8 Å². The average molecular weight is 283 g/mol. The summed E-state index contributed by atoms with van der Waals surface area (Å²) in [5.74, 6) is 2.50. The van der Waals surface area contributed by atoms with Gasteiger partial charge in [0, 0.05) is 24.0 Å². The van der Waals surface area contributed by atoms with Gasteiger partial charge in [-0.3, -0.25) is 0 Å². The number of anilines is 1. The van der Waals surface area contributed by atoms with E-state index in [0.29, 0.717) is 0 Å². The number of methoxy groups -OCH3 is 1. The Morgan fingerprint density at radius 3 is 2.81 bits per heavy atom. The molecule has 0 saturated heterocycles. The molecule has 3 rings (SSSR count). The maximum Gasteiger partial charge on any atom is 0.154 e. The molecule has 1 unspecified atom stereocenters. The molecule has 6 heteroatoms. The number of hydrogen-bond acceptors (Lipinski definition) is 5. The van der Waals surface area contributed by atoms with Gasteiger partial charge in [0.2, 0.25) is 0 Å². The summed E-state index contributed by atoms with van der Waals surface area (Å²) in [7, 11) is 3.59. The largest absolute Gasteiger partial charge is 0.496 e. The highest BCUT2D eigenvalue weighted by molar-refractivity contribution is 5.95. The van der Waals surface area contributed by atoms with Crippen molar-refractivity contribution in [3.05, 3.63) is 42.6 Å². The average Bonchev–Trinajstić information content (AvgIpc) is 2.93. The number of nitrogens with one attached hydrogen (secondary N) is 1. The maximum absolute atomic E-state index is 5.40. The topological polar surface area (TPSA) is 64.9 Å². The first kappa shape index (κ1) is 13.4. The van der Waals surface area contributed by atoms with Gasteiger partial charge in [0.15, 0.2) is 5.82 Å². The van der Waals surface area contributed by atoms with Gasteiger partial charge in [0.05, 0.1) is 13.2 Å². The van der Waals surface area contributed by atoms with E-state index in [1.165, 1.54) is 0 Å². The predicted octanol–water partition coefficient (Wildman–Crippen LogP) is 2.54. The van der Waals surface area contributed by atoms with Crippen LogP contribution in [0.2, 0.25) is 0 Å². The number of fused-ring (bicyclic) bond motifs is 1. The highest BCUT2D eigenvalue weighted by Crippen LogP contribution is 2.30. The van der Waals surface area contributed by atoms with Gasteiger partial charge in [-0.15, -0.1) is 10.2 Å². The van der Waals surface area contributed by atoms with Crippen molar-refractivity contribution in [1.29, 1.82) is 0 Å². The van der Waals surface area contributed by atoms with Gasteiger partial charge in [-0.1, -0.05) is 12.1 Å². The summed E-state index contributed by atoms with van der Waals surface area (Å²) in [4.78, 5) is 4.44. The van der Waals surface area contributed by atoms with Crippen molar-refractivity contribution in [3.8, 4) is 5.75 Å². The third-order valence-corrected chi connectivity index (χ3v) is 3.47. The summed E-state index contributed by atoms with van der Waals surface area (Å²) in [5, 5.41) is 13.5. The van der Waals surface area contributed by atoms with Crippen molar-refractivity contribution in [1.82, 2.24) is 19.7 Å². The van der Waals surface area contributed by atoms with Crippen molar-refractivity contribution in [2.45, 2.75) is 13.0 Å². The van der Waals surface area contributed by atoms with E-state index in [2.05, 4.69) is 20.5 Å². The van der Waals surface area contributed by atoms with E-state index < -0.39 is 0 Å². The van der Waals surface area contributed by atoms with E-state index in [1.54, 1.807) is 19.6 Å². The summed E-state index contributed by atoms with van der Waals surface area (Å²) >= 11 is 0. The SMILES string of the molecule is COc1cccc2c(NC(C)c3nncn3C)nccc12. The molecule has 0 aliphatic carbocycles. The standard InChI is InChI=1S/C15H17N5O/c1-10(15-19-17-9-20(15)2)18-14-12-5-4-6-13(21-3)11(12)7-8-16-14/h4-10H,1-3H3,(H,16,18). The Hall–Kier alpha value is -2.63. The third kappa shape index (κ3) is 2.40. The van der Waals surface area contributed by atoms with Crippen LogP contribution in [0.3, 0.4) is 0 Å². The lowest BCUT2D eigenvalue weighted by Crippen LogP contribution is -2.13. The van der Waals surface area contributed by atoms with Gasteiger partial charge in [0.1, 0.15) is 17.9 Å². The molecule has 108 valence electrons. The second-order valence-electron chi connectivity index (χ2n) is 4.88. The third-order valence-electron chi connectivity index (χ3n) is 3.47. The molecule has 21 heavy (non-hydrogen) atoms. The number of aromatic nitrogens is 4. The van der Waals surface area contributed by atoms with Crippen molar-refractivity contribution < 1.29 is 4.74 Å². The number of ether oxygens (including phenoxy) is 1. The molecule has 6 nitrogen and oxygen atoms in total. The zero-order chi connectivity index (χ0) is 14.8. The highest BCUT2D eigenvalue weighted by Gasteiger charge is 2.14. The molecule has 0 aliphatic heterocycles. The van der Waals surface area contributed by atoms with Gasteiger partial charge in [-0.05, 0) is 19.1 Å². The minimum atomic E-state index is 0.00167. The van der Waals surface area contributed by atoms with Crippen LogP contribution in [-0.2, 0) is 7.05 Å². The molecule has 0 spiro atoms. The molecule has 0 amide bonds. The Morgan fingerprint density at radius 1 is 1.24 bits per heavy atom. The van der Waals surface area contributed by atoms with Crippen LogP contribution in [0.15, 0.2) is 36.8 Å². The summed E-state index contributed by atoms with van der Waals surface area (Å²) < 4.78 is 7.29. The van der Waals surface area contributed by atoms with Crippen molar-refractivity contribution in [2.24, 2.45) is 7.05 Å². The quantitative estimate of drug-likeness (QED) is 0.797. The number of nitrogens with zero attached hydrogens (tertiary/aromatic N) is 4. The minimum Gasteiger partial charge on any atom is -0.496 e. The highest BCUT2D eigenvalue weighted by atomic mass is 16.5. The number of rotatable bonds is 4. The van der Waals surface area contributed by atoms with Gasteiger partial charge >= 0.3 is 0 Å². The first-order chi connectivity index (χ1) is 10.2. The minimum absolute atomic E-state index is 0.00167. The molecule has 0 bridgehead atoms. The van der Waals surface area contributed by atoms with Crippen LogP contribution in [0.25, 0.3) is 10.8 Å². The Labute approximate surface area is 122 Å². The van der Waals surface area contributed by atoms with E-state index >= 15 is 0 Å². The predicted molar refractivity (Wildman–Crippen MR) is 81.3 cm³/mol. The summed E-state index contributed by atoms with van der Waals surface area (Å²) in [5.41, 5.74) is 0. The fourth-order valence-electron chi connectivity index (χ4n) is 2.43. The van der Waals surface area contributed by atoms with Crippen molar-refractivity contribution >= 4 is 16.6 Å². The fourth-order valence-corrected chi connectivity index (χ4v) is 2.43. The second-order valence-corrected chi connectivity index (χ2v) is 4.88. The van der Waals surface area contributed by atoms with Crippen LogP contribution in [0.5, 0.6) is 5.75 Å². The number of benzene rings is 1. The number of pyridine rings is 1. The lowest BCUT2D eigenvalue weighted by atomic mass is 10.1. The van der Waals surface area contributed by atoms with Crippen LogP contribution in [-0.4, -0.2) is 26.9 Å². The van der Waals surface area contributed by atoms with E-state index in [0.717, 1.165) is 28.2 Å². The van der Waals surface area contributed by atoms with Crippen molar-refractivity contribution in [3.63, 3.8) is 0 Å². The maximum atomic E-state index is 5.40. The van der Waals surface area contributed by atoms with E-state index in [9.17, 15) is 0 Å². The molecule has 3 aromatic rings. The lowest BCUT2D eigenvalue weighted by molar-refractivity contribution is 0.420.